The van der Waals surface area contributed by atoms with E-state index in [0.29, 0.717) is 23.5 Å². The van der Waals surface area contributed by atoms with Gasteiger partial charge < -0.3 is 9.52 Å². The molecular formula is C24H27BrN4O3. The monoisotopic (exact) mass is 498 g/mol. The van der Waals surface area contributed by atoms with Crippen molar-refractivity contribution in [3.63, 3.8) is 0 Å². The van der Waals surface area contributed by atoms with Crippen LogP contribution in [0.5, 0.6) is 5.88 Å². The van der Waals surface area contributed by atoms with Gasteiger partial charge in [0.25, 0.3) is 0 Å². The van der Waals surface area contributed by atoms with Crippen molar-refractivity contribution in [1.29, 1.82) is 0 Å². The molecule has 1 aliphatic heterocycles. The first-order valence-electron chi connectivity index (χ1n) is 10.9. The second kappa shape index (κ2) is 7.56. The number of carbonyl (C=O) groups is 1. The molecule has 8 heteroatoms. The van der Waals surface area contributed by atoms with Gasteiger partial charge in [0.2, 0.25) is 5.88 Å². The Kier molecular flexibility index (Phi) is 5.05. The van der Waals surface area contributed by atoms with Crippen LogP contribution >= 0.6 is 15.9 Å². The first-order valence-corrected chi connectivity index (χ1v) is 11.7. The second-order valence-corrected chi connectivity index (χ2v) is 11.3. The van der Waals surface area contributed by atoms with Crippen molar-refractivity contribution in [2.24, 2.45) is 21.1 Å². The Labute approximate surface area is 195 Å². The SMILES string of the molecule is CC1(C)C[C@H]2C[C@@](C)(CN2Cn2c(O)c(N=NC(=O)c3ccco3)c3cc(Br)ccc32)C1. The van der Waals surface area contributed by atoms with Gasteiger partial charge in [0.15, 0.2) is 11.4 Å². The summed E-state index contributed by atoms with van der Waals surface area (Å²) in [5.41, 5.74) is 1.77. The molecule has 0 unspecified atom stereocenters. The van der Waals surface area contributed by atoms with E-state index in [-0.39, 0.29) is 17.3 Å². The number of carbonyl (C=O) groups excluding carboxylic acids is 1. The van der Waals surface area contributed by atoms with Crippen molar-refractivity contribution >= 4 is 38.4 Å². The fourth-order valence-electron chi connectivity index (χ4n) is 6.01. The number of halogens is 1. The average molecular weight is 499 g/mol. The third kappa shape index (κ3) is 3.79. The summed E-state index contributed by atoms with van der Waals surface area (Å²) in [4.78, 5) is 14.7. The van der Waals surface area contributed by atoms with Crippen LogP contribution in [0.25, 0.3) is 10.9 Å². The third-order valence-corrected chi connectivity index (χ3v) is 7.28. The highest BCUT2D eigenvalue weighted by Crippen LogP contribution is 2.53. The van der Waals surface area contributed by atoms with E-state index in [0.717, 1.165) is 28.3 Å². The van der Waals surface area contributed by atoms with Crippen LogP contribution in [-0.2, 0) is 6.67 Å². The Morgan fingerprint density at radius 1 is 1.28 bits per heavy atom. The predicted molar refractivity (Wildman–Crippen MR) is 125 cm³/mol. The number of hydrogen-bond acceptors (Lipinski definition) is 5. The van der Waals surface area contributed by atoms with Crippen molar-refractivity contribution in [2.75, 3.05) is 6.54 Å². The van der Waals surface area contributed by atoms with Gasteiger partial charge in [-0.3, -0.25) is 14.3 Å². The minimum atomic E-state index is -0.589. The molecule has 2 fully saturated rings. The lowest BCUT2D eigenvalue weighted by Crippen LogP contribution is -2.35. The molecule has 5 rings (SSSR count). The number of azo groups is 1. The van der Waals surface area contributed by atoms with Crippen LogP contribution in [0.4, 0.5) is 5.69 Å². The number of furan rings is 1. The maximum Gasteiger partial charge on any atom is 0.331 e. The Hall–Kier alpha value is -2.45. The number of rotatable bonds is 4. The van der Waals surface area contributed by atoms with Crippen molar-refractivity contribution in [2.45, 2.75) is 52.7 Å². The smallest absolute Gasteiger partial charge is 0.331 e. The van der Waals surface area contributed by atoms with Crippen LogP contribution in [0, 0.1) is 10.8 Å². The molecule has 1 saturated carbocycles. The van der Waals surface area contributed by atoms with Crippen LogP contribution in [0.1, 0.15) is 50.6 Å². The van der Waals surface area contributed by atoms with E-state index in [2.05, 4.69) is 51.8 Å². The standard InChI is InChI=1S/C24H27BrN4O3/c1-23(2)10-16-11-24(3,12-23)13-28(16)14-29-18-7-6-15(25)9-17(18)20(22(29)31)26-27-21(30)19-5-4-8-32-19/h4-9,16,31H,10-14H2,1-3H3/t16-,24+/m0/s1. The van der Waals surface area contributed by atoms with Crippen LogP contribution in [-0.4, -0.2) is 33.1 Å². The minimum absolute atomic E-state index is 0.0138. The normalized spacial score (nSPS) is 25.2. The molecule has 2 aliphatic rings. The van der Waals surface area contributed by atoms with Gasteiger partial charge in [0.05, 0.1) is 18.4 Å². The molecule has 1 amide bonds. The summed E-state index contributed by atoms with van der Waals surface area (Å²) in [5.74, 6) is -0.466. The molecule has 3 aromatic rings. The topological polar surface area (TPSA) is 83.3 Å². The molecule has 1 aliphatic carbocycles. The molecule has 3 heterocycles. The molecule has 0 radical (unpaired) electrons. The highest BCUT2D eigenvalue weighted by molar-refractivity contribution is 9.10. The number of aromatic hydroxyl groups is 1. The van der Waals surface area contributed by atoms with Gasteiger partial charge in [-0.05, 0) is 60.4 Å². The van der Waals surface area contributed by atoms with Crippen LogP contribution in [0.15, 0.2) is 55.7 Å². The zero-order valence-corrected chi connectivity index (χ0v) is 20.1. The van der Waals surface area contributed by atoms with E-state index in [1.54, 1.807) is 6.07 Å². The van der Waals surface area contributed by atoms with Crippen molar-refractivity contribution in [3.05, 3.63) is 46.8 Å². The van der Waals surface area contributed by atoms with Crippen molar-refractivity contribution in [3.8, 4) is 5.88 Å². The zero-order valence-electron chi connectivity index (χ0n) is 18.5. The van der Waals surface area contributed by atoms with E-state index in [9.17, 15) is 9.90 Å². The van der Waals surface area contributed by atoms with Gasteiger partial charge in [0.1, 0.15) is 0 Å². The third-order valence-electron chi connectivity index (χ3n) is 6.79. The van der Waals surface area contributed by atoms with E-state index >= 15 is 0 Å². The lowest BCUT2D eigenvalue weighted by molar-refractivity contribution is 0.0968. The molecule has 0 spiro atoms. The molecular weight excluding hydrogens is 472 g/mol. The molecule has 32 heavy (non-hydrogen) atoms. The molecule has 7 nitrogen and oxygen atoms in total. The number of benzene rings is 1. The van der Waals surface area contributed by atoms with Crippen LogP contribution in [0.3, 0.4) is 0 Å². The summed E-state index contributed by atoms with van der Waals surface area (Å²) in [7, 11) is 0. The highest BCUT2D eigenvalue weighted by Gasteiger charge is 2.49. The molecule has 2 bridgehead atoms. The summed E-state index contributed by atoms with van der Waals surface area (Å²) in [6, 6.07) is 9.44. The van der Waals surface area contributed by atoms with Gasteiger partial charge in [-0.25, -0.2) is 0 Å². The molecule has 1 N–H and O–H groups in total. The summed E-state index contributed by atoms with van der Waals surface area (Å²) >= 11 is 3.50. The Bertz CT molecular complexity index is 1210. The van der Waals surface area contributed by atoms with Gasteiger partial charge in [0, 0.05) is 22.4 Å². The molecule has 2 aromatic heterocycles. The fraction of sp³-hybridized carbons (Fsp3) is 0.458. The van der Waals surface area contributed by atoms with Crippen LogP contribution in [0.2, 0.25) is 0 Å². The quantitative estimate of drug-likeness (QED) is 0.416. The number of aromatic nitrogens is 1. The summed E-state index contributed by atoms with van der Waals surface area (Å²) in [5, 5.41) is 19.8. The summed E-state index contributed by atoms with van der Waals surface area (Å²) in [6.07, 6.45) is 4.97. The highest BCUT2D eigenvalue weighted by atomic mass is 79.9. The number of likely N-dealkylation sites (tertiary alicyclic amines) is 1. The maximum absolute atomic E-state index is 12.2. The maximum atomic E-state index is 12.2. The molecule has 168 valence electrons. The largest absolute Gasteiger partial charge is 0.493 e. The average Bonchev–Trinajstić information content (AvgIpc) is 3.37. The van der Waals surface area contributed by atoms with Crippen molar-refractivity contribution in [1.82, 2.24) is 9.47 Å². The van der Waals surface area contributed by atoms with Gasteiger partial charge in [-0.15, -0.1) is 10.2 Å². The van der Waals surface area contributed by atoms with E-state index in [1.165, 1.54) is 25.2 Å². The minimum Gasteiger partial charge on any atom is -0.493 e. The number of hydrogen-bond donors (Lipinski definition) is 1. The number of amides is 1. The van der Waals surface area contributed by atoms with Gasteiger partial charge in [-0.1, -0.05) is 36.7 Å². The first kappa shape index (κ1) is 21.4. The zero-order chi connectivity index (χ0) is 22.7. The van der Waals surface area contributed by atoms with Crippen molar-refractivity contribution < 1.29 is 14.3 Å². The van der Waals surface area contributed by atoms with E-state index in [1.807, 2.05) is 22.8 Å². The summed E-state index contributed by atoms with van der Waals surface area (Å²) in [6.45, 7) is 8.67. The van der Waals surface area contributed by atoms with Crippen LogP contribution < -0.4 is 0 Å². The summed E-state index contributed by atoms with van der Waals surface area (Å²) < 4.78 is 7.84. The number of nitrogens with zero attached hydrogens (tertiary/aromatic N) is 4. The second-order valence-electron chi connectivity index (χ2n) is 10.3. The van der Waals surface area contributed by atoms with Gasteiger partial charge in [-0.2, -0.15) is 0 Å². The van der Waals surface area contributed by atoms with E-state index < -0.39 is 5.91 Å². The lowest BCUT2D eigenvalue weighted by atomic mass is 9.65. The Balaban J connectivity index is 1.50. The first-order chi connectivity index (χ1) is 15.1. The Morgan fingerprint density at radius 3 is 2.84 bits per heavy atom. The molecule has 2 atom stereocenters. The lowest BCUT2D eigenvalue weighted by Gasteiger charge is -2.40. The van der Waals surface area contributed by atoms with E-state index in [4.69, 9.17) is 4.42 Å². The predicted octanol–water partition coefficient (Wildman–Crippen LogP) is 6.48. The molecule has 1 aromatic carbocycles. The Morgan fingerprint density at radius 2 is 2.09 bits per heavy atom. The molecule has 1 saturated heterocycles. The number of fused-ring (bicyclic) bond motifs is 3. The van der Waals surface area contributed by atoms with Gasteiger partial charge >= 0.3 is 5.91 Å². The fourth-order valence-corrected chi connectivity index (χ4v) is 6.37.